The first-order valence-corrected chi connectivity index (χ1v) is 9.92. The van der Waals surface area contributed by atoms with Gasteiger partial charge in [-0.3, -0.25) is 0 Å². The van der Waals surface area contributed by atoms with Gasteiger partial charge in [-0.2, -0.15) is 18.3 Å². The zero-order chi connectivity index (χ0) is 22.9. The van der Waals surface area contributed by atoms with E-state index in [2.05, 4.69) is 10.1 Å². The van der Waals surface area contributed by atoms with Gasteiger partial charge in [-0.15, -0.1) is 0 Å². The molecule has 0 amide bonds. The van der Waals surface area contributed by atoms with Crippen LogP contribution in [0.1, 0.15) is 22.6 Å². The van der Waals surface area contributed by atoms with Gasteiger partial charge in [0.05, 0.1) is 25.5 Å². The average Bonchev–Trinajstić information content (AvgIpc) is 3.40. The molecule has 8 heteroatoms. The van der Waals surface area contributed by atoms with Crippen molar-refractivity contribution in [3.8, 4) is 28.3 Å². The van der Waals surface area contributed by atoms with Crippen LogP contribution in [0.4, 0.5) is 13.2 Å². The van der Waals surface area contributed by atoms with Crippen LogP contribution in [0.2, 0.25) is 0 Å². The normalized spacial score (nSPS) is 11.6. The molecule has 4 rings (SSSR count). The number of hydrogen-bond donors (Lipinski definition) is 1. The second-order valence-corrected chi connectivity index (χ2v) is 7.37. The Morgan fingerprint density at radius 1 is 0.969 bits per heavy atom. The summed E-state index contributed by atoms with van der Waals surface area (Å²) >= 11 is 0. The Morgan fingerprint density at radius 2 is 1.62 bits per heavy atom. The molecule has 0 aliphatic heterocycles. The second kappa shape index (κ2) is 8.45. The van der Waals surface area contributed by atoms with Gasteiger partial charge in [0.25, 0.3) is 0 Å². The van der Waals surface area contributed by atoms with Crippen LogP contribution < -0.4 is 9.47 Å². The third kappa shape index (κ3) is 4.21. The van der Waals surface area contributed by atoms with E-state index >= 15 is 0 Å². The fraction of sp³-hybridized carbons (Fsp3) is 0.208. The lowest BCUT2D eigenvalue weighted by molar-refractivity contribution is -0.141. The summed E-state index contributed by atoms with van der Waals surface area (Å²) < 4.78 is 51.1. The molecule has 0 radical (unpaired) electrons. The number of nitrogens with one attached hydrogen (secondary N) is 1. The number of alkyl halides is 3. The SMILES string of the molecule is COc1cccc(OC)c1-c1c[nH]c(Cc2ccc(-n3nc(C(F)(F)F)cc3C)cc2)c1. The summed E-state index contributed by atoms with van der Waals surface area (Å²) in [5.74, 6) is 1.43. The molecule has 0 saturated carbocycles. The van der Waals surface area contributed by atoms with Crippen LogP contribution in [0.3, 0.4) is 0 Å². The van der Waals surface area contributed by atoms with E-state index in [4.69, 9.17) is 9.47 Å². The van der Waals surface area contributed by atoms with E-state index in [1.165, 1.54) is 4.68 Å². The summed E-state index contributed by atoms with van der Waals surface area (Å²) in [5, 5.41) is 3.70. The largest absolute Gasteiger partial charge is 0.496 e. The first-order chi connectivity index (χ1) is 15.3. The number of rotatable bonds is 6. The molecule has 0 saturated heterocycles. The summed E-state index contributed by atoms with van der Waals surface area (Å²) in [7, 11) is 3.23. The molecule has 0 atom stereocenters. The van der Waals surface area contributed by atoms with Crippen molar-refractivity contribution in [2.45, 2.75) is 19.5 Å². The molecule has 2 aromatic heterocycles. The number of H-pyrrole nitrogens is 1. The van der Waals surface area contributed by atoms with E-state index in [0.29, 0.717) is 29.3 Å². The van der Waals surface area contributed by atoms with Crippen LogP contribution in [0.5, 0.6) is 11.5 Å². The smallest absolute Gasteiger partial charge is 0.435 e. The first kappa shape index (κ1) is 21.5. The highest BCUT2D eigenvalue weighted by Crippen LogP contribution is 2.38. The van der Waals surface area contributed by atoms with E-state index in [1.54, 1.807) is 33.3 Å². The predicted octanol–water partition coefficient (Wildman–Crippen LogP) is 5.80. The van der Waals surface area contributed by atoms with Gasteiger partial charge < -0.3 is 14.5 Å². The minimum absolute atomic E-state index is 0.421. The zero-order valence-electron chi connectivity index (χ0n) is 17.8. The van der Waals surface area contributed by atoms with E-state index in [-0.39, 0.29) is 0 Å². The van der Waals surface area contributed by atoms with Crippen LogP contribution in [-0.4, -0.2) is 29.0 Å². The van der Waals surface area contributed by atoms with Crippen LogP contribution >= 0.6 is 0 Å². The Balaban J connectivity index is 1.55. The lowest BCUT2D eigenvalue weighted by atomic mass is 10.0. The number of aromatic nitrogens is 3. The van der Waals surface area contributed by atoms with Gasteiger partial charge in [0.15, 0.2) is 5.69 Å². The summed E-state index contributed by atoms with van der Waals surface area (Å²) in [4.78, 5) is 3.28. The lowest BCUT2D eigenvalue weighted by Crippen LogP contribution is -2.07. The van der Waals surface area contributed by atoms with Crippen molar-refractivity contribution < 1.29 is 22.6 Å². The molecule has 0 unspecified atom stereocenters. The summed E-state index contributed by atoms with van der Waals surface area (Å²) in [6.07, 6.45) is -1.94. The second-order valence-electron chi connectivity index (χ2n) is 7.37. The van der Waals surface area contributed by atoms with Crippen molar-refractivity contribution in [1.29, 1.82) is 0 Å². The van der Waals surface area contributed by atoms with Gasteiger partial charge in [-0.25, -0.2) is 4.68 Å². The van der Waals surface area contributed by atoms with Crippen molar-refractivity contribution in [3.63, 3.8) is 0 Å². The van der Waals surface area contributed by atoms with Crippen molar-refractivity contribution in [2.75, 3.05) is 14.2 Å². The van der Waals surface area contributed by atoms with Gasteiger partial charge in [-0.1, -0.05) is 18.2 Å². The van der Waals surface area contributed by atoms with Crippen LogP contribution in [0.25, 0.3) is 16.8 Å². The maximum atomic E-state index is 12.9. The number of benzene rings is 2. The molecular formula is C24H22F3N3O2. The number of nitrogens with zero attached hydrogens (tertiary/aromatic N) is 2. The van der Waals surface area contributed by atoms with Crippen molar-refractivity contribution in [2.24, 2.45) is 0 Å². The monoisotopic (exact) mass is 441 g/mol. The van der Waals surface area contributed by atoms with E-state index < -0.39 is 11.9 Å². The highest BCUT2D eigenvalue weighted by molar-refractivity contribution is 5.77. The van der Waals surface area contributed by atoms with Crippen molar-refractivity contribution in [1.82, 2.24) is 14.8 Å². The quantitative estimate of drug-likeness (QED) is 0.411. The van der Waals surface area contributed by atoms with Crippen LogP contribution in [-0.2, 0) is 12.6 Å². The maximum Gasteiger partial charge on any atom is 0.435 e. The molecule has 32 heavy (non-hydrogen) atoms. The van der Waals surface area contributed by atoms with Crippen molar-refractivity contribution >= 4 is 0 Å². The molecule has 5 nitrogen and oxygen atoms in total. The molecule has 2 aromatic carbocycles. The number of hydrogen-bond acceptors (Lipinski definition) is 3. The fourth-order valence-corrected chi connectivity index (χ4v) is 3.67. The molecule has 166 valence electrons. The molecule has 0 spiro atoms. The Bertz CT molecular complexity index is 1200. The lowest BCUT2D eigenvalue weighted by Gasteiger charge is -2.11. The van der Waals surface area contributed by atoms with E-state index in [9.17, 15) is 13.2 Å². The number of aryl methyl sites for hydroxylation is 1. The molecule has 0 bridgehead atoms. The number of methoxy groups -OCH3 is 2. The molecule has 4 aromatic rings. The van der Waals surface area contributed by atoms with Gasteiger partial charge in [0.2, 0.25) is 0 Å². The fourth-order valence-electron chi connectivity index (χ4n) is 3.67. The Labute approximate surface area is 183 Å². The van der Waals surface area contributed by atoms with Gasteiger partial charge in [0.1, 0.15) is 11.5 Å². The number of aromatic amines is 1. The summed E-state index contributed by atoms with van der Waals surface area (Å²) in [6, 6.07) is 16.0. The number of halogens is 3. The third-order valence-corrected chi connectivity index (χ3v) is 5.21. The van der Waals surface area contributed by atoms with E-state index in [1.807, 2.05) is 42.6 Å². The summed E-state index contributed by atoms with van der Waals surface area (Å²) in [5.41, 5.74) is 3.90. The van der Waals surface area contributed by atoms with E-state index in [0.717, 1.165) is 28.5 Å². The Morgan fingerprint density at radius 3 is 2.19 bits per heavy atom. The standard InChI is InChI=1S/C24H22F3N3O2/c1-15-11-22(24(25,26)27)29-30(15)19-9-7-16(8-10-19)12-18-13-17(14-28-18)23-20(31-2)5-4-6-21(23)32-3/h4-11,13-14,28H,12H2,1-3H3. The highest BCUT2D eigenvalue weighted by atomic mass is 19.4. The molecular weight excluding hydrogens is 419 g/mol. The zero-order valence-corrected chi connectivity index (χ0v) is 17.8. The van der Waals surface area contributed by atoms with Crippen LogP contribution in [0.15, 0.2) is 60.8 Å². The summed E-state index contributed by atoms with van der Waals surface area (Å²) in [6.45, 7) is 1.60. The Kier molecular flexibility index (Phi) is 5.69. The highest BCUT2D eigenvalue weighted by Gasteiger charge is 2.34. The van der Waals surface area contributed by atoms with Crippen LogP contribution in [0, 0.1) is 6.92 Å². The first-order valence-electron chi connectivity index (χ1n) is 9.92. The maximum absolute atomic E-state index is 12.9. The van der Waals surface area contributed by atoms with Gasteiger partial charge >= 0.3 is 6.18 Å². The molecule has 0 aliphatic carbocycles. The molecule has 0 fully saturated rings. The minimum atomic E-state index is -4.47. The Hall–Kier alpha value is -3.68. The predicted molar refractivity (Wildman–Crippen MR) is 115 cm³/mol. The van der Waals surface area contributed by atoms with Gasteiger partial charge in [0, 0.05) is 29.6 Å². The van der Waals surface area contributed by atoms with Crippen molar-refractivity contribution in [3.05, 3.63) is 83.4 Å². The molecule has 0 aliphatic rings. The molecule has 1 N–H and O–H groups in total. The molecule has 2 heterocycles. The third-order valence-electron chi connectivity index (χ3n) is 5.21. The average molecular weight is 441 g/mol. The minimum Gasteiger partial charge on any atom is -0.496 e. The topological polar surface area (TPSA) is 52.1 Å². The number of ether oxygens (including phenoxy) is 2. The van der Waals surface area contributed by atoms with Gasteiger partial charge in [-0.05, 0) is 48.9 Å².